The van der Waals surface area contributed by atoms with E-state index in [1.807, 2.05) is 14.2 Å². The second-order valence-corrected chi connectivity index (χ2v) is 32.6. The van der Waals surface area contributed by atoms with Gasteiger partial charge < -0.3 is 9.47 Å². The van der Waals surface area contributed by atoms with Crippen molar-refractivity contribution >= 4 is 10.9 Å². The van der Waals surface area contributed by atoms with Gasteiger partial charge in [0, 0.05) is 27.1 Å². The van der Waals surface area contributed by atoms with E-state index in [2.05, 4.69) is 335 Å². The molecule has 1 fully saturated rings. The number of hydrogen-bond donors (Lipinski definition) is 0. The fourth-order valence-electron chi connectivity index (χ4n) is 17.4. The number of rotatable bonds is 16. The Hall–Kier alpha value is -9.09. The molecule has 0 N–H and O–H groups in total. The summed E-state index contributed by atoms with van der Waals surface area (Å²) in [6.45, 7) is 35.7. The van der Waals surface area contributed by atoms with Crippen LogP contribution in [0.4, 0.5) is 0 Å². The van der Waals surface area contributed by atoms with Crippen molar-refractivity contribution in [1.29, 1.82) is 0 Å². The molecule has 1 saturated heterocycles. The molecule has 0 aromatic heterocycles. The molecule has 12 aromatic rings. The summed E-state index contributed by atoms with van der Waals surface area (Å²) in [6.07, 6.45) is 4.28. The topological polar surface area (TPSA) is 18.5 Å². The Bertz CT molecular complexity index is 4110. The van der Waals surface area contributed by atoms with Gasteiger partial charge in [0.05, 0.1) is 6.26 Å². The lowest BCUT2D eigenvalue weighted by Gasteiger charge is -2.41. The summed E-state index contributed by atoms with van der Waals surface area (Å²) in [4.78, 5) is 0. The van der Waals surface area contributed by atoms with Crippen LogP contribution in [-0.2, 0) is 31.6 Å². The van der Waals surface area contributed by atoms with Crippen LogP contribution in [-0.4, -0.2) is 31.0 Å². The summed E-state index contributed by atoms with van der Waals surface area (Å²) >= 11 is 0. The molecule has 12 aromatic carbocycles. The highest BCUT2D eigenvalue weighted by atomic mass is 32.2. The van der Waals surface area contributed by atoms with Crippen molar-refractivity contribution < 1.29 is 9.47 Å². The van der Waals surface area contributed by atoms with E-state index in [0.29, 0.717) is 0 Å². The van der Waals surface area contributed by atoms with Crippen LogP contribution in [0.5, 0.6) is 0 Å². The second-order valence-electron chi connectivity index (χ2n) is 30.2. The van der Waals surface area contributed by atoms with Crippen molar-refractivity contribution in [1.82, 2.24) is 0 Å². The molecule has 0 saturated carbocycles. The minimum absolute atomic E-state index is 0.0804. The van der Waals surface area contributed by atoms with Gasteiger partial charge in [-0.05, 0) is 306 Å². The average Bonchev–Trinajstić information content (AvgIpc) is 1.37. The minimum atomic E-state index is -1.03. The van der Waals surface area contributed by atoms with E-state index >= 15 is 0 Å². The van der Waals surface area contributed by atoms with E-state index in [-0.39, 0.29) is 10.5 Å². The highest BCUT2D eigenvalue weighted by Crippen LogP contribution is 2.56. The molecule has 1 heterocycles. The minimum Gasteiger partial charge on any atom is -0.363 e. The summed E-state index contributed by atoms with van der Waals surface area (Å²) in [5, 5.41) is -0.161. The third-order valence-electron chi connectivity index (χ3n) is 21.0. The summed E-state index contributed by atoms with van der Waals surface area (Å²) in [6, 6.07) is 86.0. The van der Waals surface area contributed by atoms with Crippen LogP contribution in [0.15, 0.2) is 218 Å². The lowest BCUT2D eigenvalue weighted by Crippen LogP contribution is -2.51. The Morgan fingerprint density at radius 1 is 0.200 bits per heavy atom. The predicted octanol–water partition coefficient (Wildman–Crippen LogP) is 25.2. The van der Waals surface area contributed by atoms with Crippen LogP contribution in [0.25, 0.3) is 89.0 Å². The normalized spacial score (nSPS) is 14.3. The molecule has 2 nitrogen and oxygen atoms in total. The van der Waals surface area contributed by atoms with Crippen LogP contribution >= 0.6 is 0 Å². The van der Waals surface area contributed by atoms with E-state index in [9.17, 15) is 0 Å². The van der Waals surface area contributed by atoms with Gasteiger partial charge in [0.2, 0.25) is 0 Å². The van der Waals surface area contributed by atoms with Crippen LogP contribution < -0.4 is 0 Å². The van der Waals surface area contributed by atoms with Gasteiger partial charge >= 0.3 is 0 Å². The van der Waals surface area contributed by atoms with E-state index < -0.39 is 22.1 Å². The zero-order valence-electron chi connectivity index (χ0n) is 62.6. The fraction of sp³-hybridized carbons (Fsp3) is 0.258. The molecule has 0 bridgehead atoms. The Balaban J connectivity index is 1.16. The average molecular weight is 1330 g/mol. The van der Waals surface area contributed by atoms with Crippen molar-refractivity contribution in [2.75, 3.05) is 20.5 Å². The molecule has 1 aliphatic rings. The summed E-state index contributed by atoms with van der Waals surface area (Å²) in [5.41, 5.74) is 41.2. The summed E-state index contributed by atoms with van der Waals surface area (Å²) in [5.74, 6) is 0. The van der Waals surface area contributed by atoms with Gasteiger partial charge in [0.15, 0.2) is 21.7 Å². The van der Waals surface area contributed by atoms with Crippen LogP contribution in [0.3, 0.4) is 0 Å². The Morgan fingerprint density at radius 2 is 0.320 bits per heavy atom. The molecule has 0 spiro atoms. The monoisotopic (exact) mass is 1330 g/mol. The van der Waals surface area contributed by atoms with Crippen molar-refractivity contribution in [2.45, 2.75) is 145 Å². The Kier molecular flexibility index (Phi) is 19.3. The second kappa shape index (κ2) is 27.8. The molecule has 0 amide bonds. The van der Waals surface area contributed by atoms with E-state index in [0.717, 1.165) is 35.1 Å². The molecule has 0 aliphatic carbocycles. The maximum atomic E-state index is 7.99. The zero-order valence-corrected chi connectivity index (χ0v) is 63.4. The van der Waals surface area contributed by atoms with Gasteiger partial charge in [0.1, 0.15) is 0 Å². The lowest BCUT2D eigenvalue weighted by molar-refractivity contribution is 0.0161. The highest BCUT2D eigenvalue weighted by Gasteiger charge is 2.63. The van der Waals surface area contributed by atoms with Crippen LogP contribution in [0, 0.1) is 111 Å². The van der Waals surface area contributed by atoms with Gasteiger partial charge in [-0.25, -0.2) is 0 Å². The zero-order chi connectivity index (χ0) is 70.8. The summed E-state index contributed by atoms with van der Waals surface area (Å²) < 4.78 is 16.0. The van der Waals surface area contributed by atoms with E-state index in [1.54, 1.807) is 0 Å². The number of benzene rings is 12. The maximum Gasteiger partial charge on any atom is 0.165 e. The molecule has 0 radical (unpaired) electrons. The van der Waals surface area contributed by atoms with Crippen LogP contribution in [0.2, 0.25) is 0 Å². The third kappa shape index (κ3) is 14.0. The number of hydrogen-bond acceptors (Lipinski definition) is 2. The molecule has 0 unspecified atom stereocenters. The predicted molar refractivity (Wildman–Crippen MR) is 431 cm³/mol. The van der Waals surface area contributed by atoms with Gasteiger partial charge in [-0.1, -0.05) is 235 Å². The quantitative estimate of drug-likeness (QED) is 0.0898. The first-order valence-electron chi connectivity index (χ1n) is 35.8. The molecule has 100 heavy (non-hydrogen) atoms. The lowest BCUT2D eigenvalue weighted by atomic mass is 9.75. The SMILES string of the molecule is COC(c1cc(-c2cc(C)cc(C)c2)cc(-c2cc(C)cc(C)c2)c1)(c1cc(-c2cc(C)cc(C)c2)cc(-c2cc(C)cc(C)c2)c1)[C@H]1CC[C@H](C(OC)(c2cc(-c3cc(C)cc(C)c3)cc(-c3cc(C)cc(C)c3)c2)c2cc(-c3cc(C)cc(C)c3)cc(-c3cc(C)cc(C)c3)c2)[S+]1C. The Labute approximate surface area is 600 Å². The third-order valence-corrected chi connectivity index (χ3v) is 24.0. The van der Waals surface area contributed by atoms with Gasteiger partial charge in [-0.2, -0.15) is 0 Å². The van der Waals surface area contributed by atoms with Gasteiger partial charge in [0.25, 0.3) is 0 Å². The highest BCUT2D eigenvalue weighted by molar-refractivity contribution is 7.97. The molecule has 504 valence electrons. The van der Waals surface area contributed by atoms with Crippen molar-refractivity contribution in [3.8, 4) is 89.0 Å². The first-order chi connectivity index (χ1) is 47.7. The molecular formula is C97H99O2S+. The largest absolute Gasteiger partial charge is 0.363 e. The first-order valence-corrected chi connectivity index (χ1v) is 37.5. The molecule has 3 heteroatoms. The molecule has 1 aliphatic heterocycles. The molecular weight excluding hydrogens is 1230 g/mol. The fourth-order valence-corrected chi connectivity index (χ4v) is 20.6. The maximum absolute atomic E-state index is 7.99. The number of aryl methyl sites for hydroxylation is 16. The van der Waals surface area contributed by atoms with E-state index in [4.69, 9.17) is 9.47 Å². The summed E-state index contributed by atoms with van der Waals surface area (Å²) in [7, 11) is 3.52. The smallest absolute Gasteiger partial charge is 0.165 e. The van der Waals surface area contributed by atoms with E-state index in [1.165, 1.54) is 178 Å². The van der Waals surface area contributed by atoms with Crippen LogP contribution in [0.1, 0.15) is 124 Å². The first kappa shape index (κ1) is 69.4. The van der Waals surface area contributed by atoms with Gasteiger partial charge in [-0.3, -0.25) is 0 Å². The van der Waals surface area contributed by atoms with Gasteiger partial charge in [-0.15, -0.1) is 0 Å². The van der Waals surface area contributed by atoms with Crippen molar-refractivity contribution in [2.24, 2.45) is 0 Å². The molecule has 13 rings (SSSR count). The number of ether oxygens (including phenoxy) is 2. The van der Waals surface area contributed by atoms with Crippen molar-refractivity contribution in [3.05, 3.63) is 330 Å². The Morgan fingerprint density at radius 3 is 0.440 bits per heavy atom. The standard InChI is InChI=1S/C97H99O2S/c1-58-22-59(2)31-74(30-58)82-46-83(75-32-60(3)23-61(4)33-75)51-90(50-82)96(98-17,91-52-84(76-34-62(5)24-63(6)35-76)47-85(53-91)77-36-64(7)25-65(8)37-77)94-20-21-95(100(94)19)97(99-18,92-54-86(78-38-66(9)26-67(10)39-78)48-87(55-92)79-40-68(11)27-69(12)41-79)93-56-88(80-42-70(13)28-71(14)43-80)49-89(57-93)81-44-72(15)29-73(16)45-81/h22-57,94-95H,20-21H2,1-19H3/q+1/t94-,95-/m1/s1. The molecule has 2 atom stereocenters. The number of methoxy groups -OCH3 is 2. The van der Waals surface area contributed by atoms with Crippen molar-refractivity contribution in [3.63, 3.8) is 0 Å².